The van der Waals surface area contributed by atoms with Crippen LogP contribution in [0.2, 0.25) is 0 Å². The van der Waals surface area contributed by atoms with Gasteiger partial charge in [-0.3, -0.25) is 0 Å². The number of thioether (sulfide) groups is 1. The summed E-state index contributed by atoms with van der Waals surface area (Å²) < 4.78 is 0. The van der Waals surface area contributed by atoms with Crippen LogP contribution in [0.4, 0.5) is 0 Å². The molecule has 2 N–H and O–H groups in total. The van der Waals surface area contributed by atoms with Crippen LogP contribution in [0, 0.1) is 0 Å². The molecule has 1 aliphatic rings. The fourth-order valence-electron chi connectivity index (χ4n) is 2.33. The summed E-state index contributed by atoms with van der Waals surface area (Å²) in [6.07, 6.45) is 6.97. The number of rotatable bonds is 3. The van der Waals surface area contributed by atoms with Gasteiger partial charge in [0.2, 0.25) is 0 Å². The fraction of sp³-hybridized carbons (Fsp3) is 0.571. The minimum absolute atomic E-state index is 0.146. The zero-order chi connectivity index (χ0) is 11.4. The van der Waals surface area contributed by atoms with Crippen LogP contribution in [0.1, 0.15) is 50.6 Å². The molecule has 0 aliphatic heterocycles. The second kappa shape index (κ2) is 5.74. The van der Waals surface area contributed by atoms with Gasteiger partial charge in [-0.2, -0.15) is 0 Å². The van der Waals surface area contributed by atoms with Crippen molar-refractivity contribution in [1.29, 1.82) is 0 Å². The number of hydrogen-bond donors (Lipinski definition) is 1. The van der Waals surface area contributed by atoms with Gasteiger partial charge in [0.15, 0.2) is 0 Å². The van der Waals surface area contributed by atoms with E-state index in [0.29, 0.717) is 0 Å². The van der Waals surface area contributed by atoms with Crippen molar-refractivity contribution >= 4 is 11.8 Å². The lowest BCUT2D eigenvalue weighted by Crippen LogP contribution is -2.10. The molecule has 1 aliphatic carbocycles. The Bertz CT molecular complexity index is 329. The molecule has 0 unspecified atom stereocenters. The van der Waals surface area contributed by atoms with E-state index in [0.717, 1.165) is 5.25 Å². The zero-order valence-corrected chi connectivity index (χ0v) is 10.8. The lowest BCUT2D eigenvalue weighted by Gasteiger charge is -2.22. The van der Waals surface area contributed by atoms with Crippen molar-refractivity contribution in [1.82, 2.24) is 0 Å². The second-order valence-electron chi connectivity index (χ2n) is 4.70. The molecule has 1 fully saturated rings. The van der Waals surface area contributed by atoms with Crippen LogP contribution in [0.15, 0.2) is 29.2 Å². The third-order valence-electron chi connectivity index (χ3n) is 3.26. The van der Waals surface area contributed by atoms with Gasteiger partial charge in [-0.05, 0) is 31.4 Å². The molecule has 0 aromatic heterocycles. The van der Waals surface area contributed by atoms with Crippen LogP contribution < -0.4 is 5.73 Å². The molecular weight excluding hydrogens is 214 g/mol. The molecule has 0 radical (unpaired) electrons. The van der Waals surface area contributed by atoms with Crippen LogP contribution in [-0.2, 0) is 0 Å². The van der Waals surface area contributed by atoms with Gasteiger partial charge in [-0.25, -0.2) is 0 Å². The van der Waals surface area contributed by atoms with Gasteiger partial charge in [0.25, 0.3) is 0 Å². The average molecular weight is 235 g/mol. The first-order chi connectivity index (χ1) is 7.77. The highest BCUT2D eigenvalue weighted by Crippen LogP contribution is 2.36. The molecule has 1 saturated carbocycles. The smallest absolute Gasteiger partial charge is 0.0277 e. The molecule has 16 heavy (non-hydrogen) atoms. The van der Waals surface area contributed by atoms with Crippen molar-refractivity contribution in [2.75, 3.05) is 0 Å². The third-order valence-corrected chi connectivity index (χ3v) is 4.69. The van der Waals surface area contributed by atoms with E-state index in [1.165, 1.54) is 42.6 Å². The summed E-state index contributed by atoms with van der Waals surface area (Å²) in [5.74, 6) is 0. The Balaban J connectivity index is 2.07. The predicted octanol–water partition coefficient (Wildman–Crippen LogP) is 4.13. The van der Waals surface area contributed by atoms with Gasteiger partial charge < -0.3 is 5.73 Å². The van der Waals surface area contributed by atoms with E-state index >= 15 is 0 Å². The number of benzene rings is 1. The van der Waals surface area contributed by atoms with Crippen molar-refractivity contribution in [2.24, 2.45) is 5.73 Å². The number of hydrogen-bond acceptors (Lipinski definition) is 2. The highest BCUT2D eigenvalue weighted by atomic mass is 32.2. The molecule has 88 valence electrons. The quantitative estimate of drug-likeness (QED) is 0.852. The van der Waals surface area contributed by atoms with Gasteiger partial charge in [-0.15, -0.1) is 11.8 Å². The minimum Gasteiger partial charge on any atom is -0.324 e. The maximum Gasteiger partial charge on any atom is 0.0277 e. The Morgan fingerprint density at radius 3 is 2.56 bits per heavy atom. The lowest BCUT2D eigenvalue weighted by molar-refractivity contribution is 0.516. The van der Waals surface area contributed by atoms with Crippen LogP contribution >= 0.6 is 11.8 Å². The Kier molecular flexibility index (Phi) is 4.30. The van der Waals surface area contributed by atoms with Crippen LogP contribution in [0.5, 0.6) is 0 Å². The average Bonchev–Trinajstić information content (AvgIpc) is 2.31. The third kappa shape index (κ3) is 3.02. The second-order valence-corrected chi connectivity index (χ2v) is 6.05. The summed E-state index contributed by atoms with van der Waals surface area (Å²) in [5.41, 5.74) is 7.31. The molecule has 0 amide bonds. The van der Waals surface area contributed by atoms with Crippen LogP contribution in [-0.4, -0.2) is 5.25 Å². The van der Waals surface area contributed by atoms with Crippen molar-refractivity contribution in [3.05, 3.63) is 29.8 Å². The first kappa shape index (κ1) is 12.0. The molecule has 0 spiro atoms. The first-order valence-corrected chi connectivity index (χ1v) is 7.16. The Labute approximate surface area is 103 Å². The van der Waals surface area contributed by atoms with E-state index < -0.39 is 0 Å². The van der Waals surface area contributed by atoms with Crippen LogP contribution in [0.3, 0.4) is 0 Å². The standard InChI is InChI=1S/C14H21NS/c1-11(15)13-9-5-6-10-14(13)16-12-7-3-2-4-8-12/h5-6,9-12H,2-4,7-8,15H2,1H3/t11-/m0/s1. The van der Waals surface area contributed by atoms with Crippen LogP contribution in [0.25, 0.3) is 0 Å². The van der Waals surface area contributed by atoms with Gasteiger partial charge >= 0.3 is 0 Å². The maximum atomic E-state index is 6.01. The topological polar surface area (TPSA) is 26.0 Å². The molecule has 0 saturated heterocycles. The zero-order valence-electron chi connectivity index (χ0n) is 9.99. The molecule has 1 nitrogen and oxygen atoms in total. The van der Waals surface area contributed by atoms with E-state index in [-0.39, 0.29) is 6.04 Å². The van der Waals surface area contributed by atoms with Crippen molar-refractivity contribution in [2.45, 2.75) is 55.2 Å². The predicted molar refractivity (Wildman–Crippen MR) is 71.8 cm³/mol. The Hall–Kier alpha value is -0.470. The Morgan fingerprint density at radius 2 is 1.88 bits per heavy atom. The maximum absolute atomic E-state index is 6.01. The number of nitrogens with two attached hydrogens (primary N) is 1. The summed E-state index contributed by atoms with van der Waals surface area (Å²) in [6, 6.07) is 8.74. The molecule has 2 rings (SSSR count). The molecular formula is C14H21NS. The molecule has 1 atom stereocenters. The van der Waals surface area contributed by atoms with Crippen molar-refractivity contribution in [3.63, 3.8) is 0 Å². The summed E-state index contributed by atoms with van der Waals surface area (Å²) in [7, 11) is 0. The van der Waals surface area contributed by atoms with Crippen molar-refractivity contribution < 1.29 is 0 Å². The summed E-state index contributed by atoms with van der Waals surface area (Å²) >= 11 is 2.04. The molecule has 2 heteroatoms. The molecule has 0 bridgehead atoms. The van der Waals surface area contributed by atoms with Crippen molar-refractivity contribution in [3.8, 4) is 0 Å². The van der Waals surface area contributed by atoms with E-state index in [9.17, 15) is 0 Å². The fourth-order valence-corrected chi connectivity index (χ4v) is 3.80. The van der Waals surface area contributed by atoms with Gasteiger partial charge in [-0.1, -0.05) is 37.5 Å². The van der Waals surface area contributed by atoms with E-state index in [4.69, 9.17) is 5.73 Å². The molecule has 0 heterocycles. The molecule has 1 aromatic rings. The monoisotopic (exact) mass is 235 g/mol. The SMILES string of the molecule is C[C@H](N)c1ccccc1SC1CCCCC1. The van der Waals surface area contributed by atoms with Gasteiger partial charge in [0, 0.05) is 16.2 Å². The summed E-state index contributed by atoms with van der Waals surface area (Å²) in [4.78, 5) is 1.39. The highest BCUT2D eigenvalue weighted by Gasteiger charge is 2.16. The van der Waals surface area contributed by atoms with E-state index in [1.807, 2.05) is 11.8 Å². The lowest BCUT2D eigenvalue weighted by atomic mass is 10.0. The Morgan fingerprint density at radius 1 is 1.19 bits per heavy atom. The summed E-state index contributed by atoms with van der Waals surface area (Å²) in [6.45, 7) is 2.07. The minimum atomic E-state index is 0.146. The first-order valence-electron chi connectivity index (χ1n) is 6.28. The summed E-state index contributed by atoms with van der Waals surface area (Å²) in [5, 5.41) is 0.814. The largest absolute Gasteiger partial charge is 0.324 e. The van der Waals surface area contributed by atoms with Gasteiger partial charge in [0.1, 0.15) is 0 Å². The van der Waals surface area contributed by atoms with Gasteiger partial charge in [0.05, 0.1) is 0 Å². The van der Waals surface area contributed by atoms with E-state index in [2.05, 4.69) is 31.2 Å². The van der Waals surface area contributed by atoms with E-state index in [1.54, 1.807) is 0 Å². The normalized spacial score (nSPS) is 19.6. The highest BCUT2D eigenvalue weighted by molar-refractivity contribution is 8.00. The molecule has 1 aromatic carbocycles.